The molecule has 2 aromatic carbocycles. The number of carbonyl (C=O) groups is 2. The van der Waals surface area contributed by atoms with Gasteiger partial charge >= 0.3 is 11.8 Å². The number of amides is 2. The lowest BCUT2D eigenvalue weighted by Crippen LogP contribution is -2.32. The van der Waals surface area contributed by atoms with Gasteiger partial charge in [0.2, 0.25) is 0 Å². The molecule has 0 atom stereocenters. The van der Waals surface area contributed by atoms with Gasteiger partial charge in [-0.1, -0.05) is 18.2 Å². The number of hydrazone groups is 1. The van der Waals surface area contributed by atoms with Crippen molar-refractivity contribution in [3.8, 4) is 5.75 Å². The first-order valence-electron chi connectivity index (χ1n) is 6.63. The molecule has 0 aliphatic carbocycles. The van der Waals surface area contributed by atoms with Gasteiger partial charge in [0, 0.05) is 11.3 Å². The summed E-state index contributed by atoms with van der Waals surface area (Å²) in [4.78, 5) is 23.3. The van der Waals surface area contributed by atoms with Crippen LogP contribution in [-0.2, 0) is 9.59 Å². The Bertz CT molecular complexity index is 730. The highest BCUT2D eigenvalue weighted by atomic mass is 19.1. The van der Waals surface area contributed by atoms with E-state index in [1.165, 1.54) is 25.3 Å². The van der Waals surface area contributed by atoms with Gasteiger partial charge < -0.3 is 10.1 Å². The van der Waals surface area contributed by atoms with Crippen molar-refractivity contribution < 1.29 is 18.7 Å². The van der Waals surface area contributed by atoms with Crippen molar-refractivity contribution in [2.24, 2.45) is 5.10 Å². The number of hydrogen-bond acceptors (Lipinski definition) is 4. The van der Waals surface area contributed by atoms with E-state index >= 15 is 0 Å². The summed E-state index contributed by atoms with van der Waals surface area (Å²) in [7, 11) is 1.52. The van der Waals surface area contributed by atoms with Crippen molar-refractivity contribution in [2.75, 3.05) is 12.4 Å². The number of benzene rings is 2. The molecule has 0 saturated heterocycles. The molecule has 0 unspecified atom stereocenters. The number of halogens is 1. The molecule has 118 valence electrons. The Balaban J connectivity index is 1.89. The Morgan fingerprint density at radius 2 is 1.78 bits per heavy atom. The summed E-state index contributed by atoms with van der Waals surface area (Å²) >= 11 is 0. The van der Waals surface area contributed by atoms with E-state index in [-0.39, 0.29) is 5.56 Å². The normalized spacial score (nSPS) is 10.3. The minimum absolute atomic E-state index is 0.198. The van der Waals surface area contributed by atoms with Gasteiger partial charge in [-0.3, -0.25) is 9.59 Å². The summed E-state index contributed by atoms with van der Waals surface area (Å²) in [5.41, 5.74) is 2.66. The second-order valence-corrected chi connectivity index (χ2v) is 4.40. The van der Waals surface area contributed by atoms with Crippen LogP contribution in [0.25, 0.3) is 0 Å². The number of methoxy groups -OCH3 is 1. The average Bonchev–Trinajstić information content (AvgIpc) is 2.57. The first-order chi connectivity index (χ1) is 11.1. The van der Waals surface area contributed by atoms with E-state index in [9.17, 15) is 14.0 Å². The minimum atomic E-state index is -0.964. The molecular formula is C16H14FN3O3. The zero-order valence-electron chi connectivity index (χ0n) is 12.2. The fourth-order valence-electron chi connectivity index (χ4n) is 1.65. The number of nitrogens with one attached hydrogen (secondary N) is 2. The topological polar surface area (TPSA) is 79.8 Å². The van der Waals surface area contributed by atoms with Crippen molar-refractivity contribution in [1.29, 1.82) is 0 Å². The number of ether oxygens (including phenoxy) is 1. The minimum Gasteiger partial charge on any atom is -0.497 e. The molecule has 0 aromatic heterocycles. The molecule has 0 aliphatic rings. The average molecular weight is 315 g/mol. The Morgan fingerprint density at radius 3 is 2.43 bits per heavy atom. The monoisotopic (exact) mass is 315 g/mol. The molecule has 0 fully saturated rings. The first-order valence-corrected chi connectivity index (χ1v) is 6.63. The summed E-state index contributed by atoms with van der Waals surface area (Å²) in [6.07, 6.45) is 1.12. The standard InChI is InChI=1S/C16H14FN3O3/c1-23-13-8-6-12(7-9-13)19-15(21)16(22)20-18-10-11-4-2-3-5-14(11)17/h2-10H,1H3,(H,19,21)(H,20,22)/b18-10+. The van der Waals surface area contributed by atoms with Gasteiger partial charge in [0.25, 0.3) is 0 Å². The predicted molar refractivity (Wildman–Crippen MR) is 83.8 cm³/mol. The lowest BCUT2D eigenvalue weighted by molar-refractivity contribution is -0.136. The van der Waals surface area contributed by atoms with E-state index < -0.39 is 17.6 Å². The van der Waals surface area contributed by atoms with E-state index in [2.05, 4.69) is 10.4 Å². The Morgan fingerprint density at radius 1 is 1.09 bits per heavy atom. The molecule has 0 spiro atoms. The predicted octanol–water partition coefficient (Wildman–Crippen LogP) is 1.92. The van der Waals surface area contributed by atoms with Gasteiger partial charge in [-0.25, -0.2) is 9.82 Å². The summed E-state index contributed by atoms with van der Waals surface area (Å²) in [6.45, 7) is 0. The van der Waals surface area contributed by atoms with E-state index in [0.29, 0.717) is 11.4 Å². The molecular weight excluding hydrogens is 301 g/mol. The molecule has 6 nitrogen and oxygen atoms in total. The van der Waals surface area contributed by atoms with Gasteiger partial charge in [0.15, 0.2) is 0 Å². The van der Waals surface area contributed by atoms with Crippen LogP contribution < -0.4 is 15.5 Å². The van der Waals surface area contributed by atoms with Crippen LogP contribution in [0.2, 0.25) is 0 Å². The molecule has 23 heavy (non-hydrogen) atoms. The number of carbonyl (C=O) groups excluding carboxylic acids is 2. The third kappa shape index (κ3) is 4.63. The van der Waals surface area contributed by atoms with Crippen molar-refractivity contribution in [2.45, 2.75) is 0 Å². The van der Waals surface area contributed by atoms with E-state index in [0.717, 1.165) is 6.21 Å². The van der Waals surface area contributed by atoms with E-state index in [4.69, 9.17) is 4.74 Å². The number of nitrogens with zero attached hydrogens (tertiary/aromatic N) is 1. The third-order valence-corrected chi connectivity index (χ3v) is 2.83. The van der Waals surface area contributed by atoms with E-state index in [1.807, 2.05) is 5.43 Å². The number of anilines is 1. The summed E-state index contributed by atoms with van der Waals surface area (Å²) in [5, 5.41) is 5.95. The molecule has 0 heterocycles. The van der Waals surface area contributed by atoms with Crippen LogP contribution in [0, 0.1) is 5.82 Å². The van der Waals surface area contributed by atoms with Crippen LogP contribution in [0.5, 0.6) is 5.75 Å². The van der Waals surface area contributed by atoms with E-state index in [1.54, 1.807) is 30.3 Å². The largest absolute Gasteiger partial charge is 0.497 e. The van der Waals surface area contributed by atoms with Gasteiger partial charge in [0.1, 0.15) is 11.6 Å². The maximum Gasteiger partial charge on any atom is 0.329 e. The van der Waals surface area contributed by atoms with Gasteiger partial charge in [-0.15, -0.1) is 0 Å². The highest BCUT2D eigenvalue weighted by molar-refractivity contribution is 6.39. The Labute approximate surface area is 132 Å². The number of hydrogen-bond donors (Lipinski definition) is 2. The van der Waals surface area contributed by atoms with Crippen molar-refractivity contribution in [3.05, 3.63) is 59.9 Å². The van der Waals surface area contributed by atoms with Crippen LogP contribution in [0.15, 0.2) is 53.6 Å². The Hall–Kier alpha value is -3.22. The fraction of sp³-hybridized carbons (Fsp3) is 0.0625. The zero-order valence-corrected chi connectivity index (χ0v) is 12.2. The van der Waals surface area contributed by atoms with Gasteiger partial charge in [0.05, 0.1) is 13.3 Å². The Kier molecular flexibility index (Phi) is 5.40. The smallest absolute Gasteiger partial charge is 0.329 e. The van der Waals surface area contributed by atoms with Crippen LogP contribution in [0.1, 0.15) is 5.56 Å². The molecule has 2 rings (SSSR count). The molecule has 0 bridgehead atoms. The molecule has 2 aromatic rings. The highest BCUT2D eigenvalue weighted by Crippen LogP contribution is 2.14. The summed E-state index contributed by atoms with van der Waals surface area (Å²) in [5.74, 6) is -1.70. The molecule has 7 heteroatoms. The highest BCUT2D eigenvalue weighted by Gasteiger charge is 2.12. The third-order valence-electron chi connectivity index (χ3n) is 2.83. The summed E-state index contributed by atoms with van der Waals surface area (Å²) < 4.78 is 18.3. The zero-order chi connectivity index (χ0) is 16.7. The van der Waals surface area contributed by atoms with Crippen molar-refractivity contribution in [3.63, 3.8) is 0 Å². The lowest BCUT2D eigenvalue weighted by atomic mass is 10.2. The number of rotatable bonds is 4. The summed E-state index contributed by atoms with van der Waals surface area (Å²) in [6, 6.07) is 12.4. The molecule has 2 amide bonds. The molecule has 0 saturated carbocycles. The fourth-order valence-corrected chi connectivity index (χ4v) is 1.65. The van der Waals surface area contributed by atoms with Crippen molar-refractivity contribution in [1.82, 2.24) is 5.43 Å². The maximum atomic E-state index is 13.3. The quantitative estimate of drug-likeness (QED) is 0.514. The van der Waals surface area contributed by atoms with Crippen LogP contribution in [-0.4, -0.2) is 25.1 Å². The molecule has 0 aliphatic heterocycles. The van der Waals surface area contributed by atoms with Crippen LogP contribution in [0.3, 0.4) is 0 Å². The SMILES string of the molecule is COc1ccc(NC(=O)C(=O)N/N=C/c2ccccc2F)cc1. The lowest BCUT2D eigenvalue weighted by Gasteiger charge is -2.05. The van der Waals surface area contributed by atoms with Crippen LogP contribution in [0.4, 0.5) is 10.1 Å². The van der Waals surface area contributed by atoms with Crippen LogP contribution >= 0.6 is 0 Å². The van der Waals surface area contributed by atoms with Gasteiger partial charge in [-0.2, -0.15) is 5.10 Å². The second kappa shape index (κ2) is 7.69. The maximum absolute atomic E-state index is 13.3. The van der Waals surface area contributed by atoms with Crippen molar-refractivity contribution >= 4 is 23.7 Å². The molecule has 0 radical (unpaired) electrons. The second-order valence-electron chi connectivity index (χ2n) is 4.40. The first kappa shape index (κ1) is 16.2. The van der Waals surface area contributed by atoms with Gasteiger partial charge in [-0.05, 0) is 30.3 Å². The molecule has 2 N–H and O–H groups in total.